The highest BCUT2D eigenvalue weighted by Gasteiger charge is 2.19. The van der Waals surface area contributed by atoms with E-state index < -0.39 is 0 Å². The van der Waals surface area contributed by atoms with Crippen molar-refractivity contribution in [3.8, 4) is 11.5 Å². The van der Waals surface area contributed by atoms with Crippen LogP contribution in [0.4, 0.5) is 0 Å². The third-order valence-corrected chi connectivity index (χ3v) is 1.92. The second kappa shape index (κ2) is 3.89. The van der Waals surface area contributed by atoms with E-state index in [0.29, 0.717) is 18.9 Å². The zero-order chi connectivity index (χ0) is 9.80. The summed E-state index contributed by atoms with van der Waals surface area (Å²) >= 11 is 0. The van der Waals surface area contributed by atoms with Gasteiger partial charge in [-0.3, -0.25) is 0 Å². The van der Waals surface area contributed by atoms with Crippen LogP contribution in [0.25, 0.3) is 10.4 Å². The van der Waals surface area contributed by atoms with E-state index >= 15 is 0 Å². The van der Waals surface area contributed by atoms with E-state index in [9.17, 15) is 0 Å². The molecule has 1 heterocycles. The van der Waals surface area contributed by atoms with Gasteiger partial charge in [0.05, 0.1) is 6.54 Å². The maximum atomic E-state index is 8.15. The molecule has 1 aliphatic rings. The molecule has 0 spiro atoms. The van der Waals surface area contributed by atoms with Crippen LogP contribution < -0.4 is 9.47 Å². The van der Waals surface area contributed by atoms with Gasteiger partial charge in [-0.1, -0.05) is 17.2 Å². The molecule has 5 heteroatoms. The van der Waals surface area contributed by atoms with E-state index in [1.54, 1.807) is 0 Å². The molecule has 0 aromatic heterocycles. The molecule has 0 N–H and O–H groups in total. The molecule has 5 nitrogen and oxygen atoms in total. The van der Waals surface area contributed by atoms with Crippen molar-refractivity contribution in [2.45, 2.75) is 6.10 Å². The summed E-state index contributed by atoms with van der Waals surface area (Å²) in [6, 6.07) is 7.44. The van der Waals surface area contributed by atoms with Crippen LogP contribution in [0.1, 0.15) is 0 Å². The number of benzene rings is 1. The lowest BCUT2D eigenvalue weighted by Crippen LogP contribution is -2.31. The zero-order valence-electron chi connectivity index (χ0n) is 7.46. The van der Waals surface area contributed by atoms with Crippen molar-refractivity contribution in [3.63, 3.8) is 0 Å². The van der Waals surface area contributed by atoms with Crippen LogP contribution in [0, 0.1) is 0 Å². The second-order valence-corrected chi connectivity index (χ2v) is 2.91. The Hall–Kier alpha value is -1.87. The Morgan fingerprint density at radius 3 is 3.00 bits per heavy atom. The molecule has 0 unspecified atom stereocenters. The van der Waals surface area contributed by atoms with Gasteiger partial charge in [0.25, 0.3) is 0 Å². The number of ether oxygens (including phenoxy) is 2. The third-order valence-electron chi connectivity index (χ3n) is 1.92. The molecule has 1 aromatic rings. The van der Waals surface area contributed by atoms with Crippen molar-refractivity contribution in [3.05, 3.63) is 34.7 Å². The fourth-order valence-electron chi connectivity index (χ4n) is 1.28. The molecule has 0 fully saturated rings. The summed E-state index contributed by atoms with van der Waals surface area (Å²) in [5.74, 6) is 1.45. The summed E-state index contributed by atoms with van der Waals surface area (Å²) in [5, 5.41) is 3.44. The molecule has 1 aliphatic heterocycles. The van der Waals surface area contributed by atoms with Crippen LogP contribution >= 0.6 is 0 Å². The van der Waals surface area contributed by atoms with Gasteiger partial charge in [-0.05, 0) is 17.7 Å². The van der Waals surface area contributed by atoms with Gasteiger partial charge < -0.3 is 9.47 Å². The van der Waals surface area contributed by atoms with Crippen molar-refractivity contribution in [1.82, 2.24) is 0 Å². The molecular formula is C9H9N3O2. The van der Waals surface area contributed by atoms with Crippen LogP contribution in [0.3, 0.4) is 0 Å². The summed E-state index contributed by atoms with van der Waals surface area (Å²) in [4.78, 5) is 2.68. The predicted molar refractivity (Wildman–Crippen MR) is 50.4 cm³/mol. The van der Waals surface area contributed by atoms with Crippen molar-refractivity contribution >= 4 is 0 Å². The first-order chi connectivity index (χ1) is 6.90. The second-order valence-electron chi connectivity index (χ2n) is 2.91. The lowest BCUT2D eigenvalue weighted by molar-refractivity contribution is 0.0969. The summed E-state index contributed by atoms with van der Waals surface area (Å²) in [7, 11) is 0. The summed E-state index contributed by atoms with van der Waals surface area (Å²) in [5.41, 5.74) is 8.15. The first-order valence-corrected chi connectivity index (χ1v) is 4.29. The van der Waals surface area contributed by atoms with Crippen molar-refractivity contribution < 1.29 is 9.47 Å². The van der Waals surface area contributed by atoms with Crippen LogP contribution in [0.5, 0.6) is 11.5 Å². The molecule has 2 rings (SSSR count). The van der Waals surface area contributed by atoms with Gasteiger partial charge in [0.1, 0.15) is 12.7 Å². The van der Waals surface area contributed by atoms with Gasteiger partial charge in [-0.25, -0.2) is 0 Å². The average molecular weight is 191 g/mol. The van der Waals surface area contributed by atoms with Gasteiger partial charge in [-0.2, -0.15) is 0 Å². The quantitative estimate of drug-likeness (QED) is 0.408. The molecule has 0 saturated heterocycles. The largest absolute Gasteiger partial charge is 0.486 e. The van der Waals surface area contributed by atoms with Crippen LogP contribution in [-0.4, -0.2) is 19.3 Å². The minimum Gasteiger partial charge on any atom is -0.486 e. The Bertz CT molecular complexity index is 374. The fraction of sp³-hybridized carbons (Fsp3) is 0.333. The first-order valence-electron chi connectivity index (χ1n) is 4.29. The van der Waals surface area contributed by atoms with Gasteiger partial charge in [0.2, 0.25) is 0 Å². The van der Waals surface area contributed by atoms with Gasteiger partial charge in [0.15, 0.2) is 11.5 Å². The maximum absolute atomic E-state index is 8.15. The molecule has 1 atom stereocenters. The molecule has 0 radical (unpaired) electrons. The lowest BCUT2D eigenvalue weighted by Gasteiger charge is -2.25. The predicted octanol–water partition coefficient (Wildman–Crippen LogP) is 2.14. The minimum atomic E-state index is -0.180. The minimum absolute atomic E-state index is 0.180. The Kier molecular flexibility index (Phi) is 2.42. The molecule has 72 valence electrons. The average Bonchev–Trinajstić information content (AvgIpc) is 2.26. The third kappa shape index (κ3) is 1.72. The highest BCUT2D eigenvalue weighted by Crippen LogP contribution is 2.30. The SMILES string of the molecule is [N-]=[N+]=NC[C@H]1COc2ccccc2O1. The monoisotopic (exact) mass is 191 g/mol. The zero-order valence-corrected chi connectivity index (χ0v) is 7.46. The highest BCUT2D eigenvalue weighted by molar-refractivity contribution is 5.40. The van der Waals surface area contributed by atoms with Crippen LogP contribution in [0.15, 0.2) is 29.4 Å². The topological polar surface area (TPSA) is 67.2 Å². The summed E-state index contributed by atoms with van der Waals surface area (Å²) in [6.07, 6.45) is -0.180. The van der Waals surface area contributed by atoms with Crippen molar-refractivity contribution in [1.29, 1.82) is 0 Å². The molecule has 0 aliphatic carbocycles. The van der Waals surface area contributed by atoms with Crippen LogP contribution in [0.2, 0.25) is 0 Å². The van der Waals surface area contributed by atoms with Gasteiger partial charge in [-0.15, -0.1) is 0 Å². The molecular weight excluding hydrogens is 182 g/mol. The van der Waals surface area contributed by atoms with E-state index in [4.69, 9.17) is 15.0 Å². The Labute approximate surface area is 80.9 Å². The van der Waals surface area contributed by atoms with E-state index in [2.05, 4.69) is 10.0 Å². The molecule has 14 heavy (non-hydrogen) atoms. The fourth-order valence-corrected chi connectivity index (χ4v) is 1.28. The number of fused-ring (bicyclic) bond motifs is 1. The number of hydrogen-bond acceptors (Lipinski definition) is 3. The number of nitrogens with zero attached hydrogens (tertiary/aromatic N) is 3. The van der Waals surface area contributed by atoms with Gasteiger partial charge >= 0.3 is 0 Å². The van der Waals surface area contributed by atoms with Crippen LogP contribution in [-0.2, 0) is 0 Å². The van der Waals surface area contributed by atoms with E-state index in [1.165, 1.54) is 0 Å². The van der Waals surface area contributed by atoms with Gasteiger partial charge in [0, 0.05) is 4.91 Å². The Morgan fingerprint density at radius 1 is 1.43 bits per heavy atom. The number of rotatable bonds is 2. The lowest BCUT2D eigenvalue weighted by atomic mass is 10.2. The van der Waals surface area contributed by atoms with Crippen molar-refractivity contribution in [2.24, 2.45) is 5.11 Å². The molecule has 0 bridgehead atoms. The number of hydrogen-bond donors (Lipinski definition) is 0. The molecule has 0 amide bonds. The molecule has 1 aromatic carbocycles. The van der Waals surface area contributed by atoms with E-state index in [0.717, 1.165) is 5.75 Å². The van der Waals surface area contributed by atoms with Crippen molar-refractivity contribution in [2.75, 3.05) is 13.2 Å². The molecule has 0 saturated carbocycles. The first kappa shape index (κ1) is 8.72. The summed E-state index contributed by atoms with van der Waals surface area (Å²) < 4.78 is 11.0. The normalized spacial score (nSPS) is 18.4. The number of azide groups is 1. The highest BCUT2D eigenvalue weighted by atomic mass is 16.6. The maximum Gasteiger partial charge on any atom is 0.161 e. The van der Waals surface area contributed by atoms with E-state index in [1.807, 2.05) is 24.3 Å². The Morgan fingerprint density at radius 2 is 2.21 bits per heavy atom. The van der Waals surface area contributed by atoms with E-state index in [-0.39, 0.29) is 6.10 Å². The smallest absolute Gasteiger partial charge is 0.161 e. The standard InChI is InChI=1S/C9H9N3O2/c10-12-11-5-7-6-13-8-3-1-2-4-9(8)14-7/h1-4,7H,5-6H2/t7-/m0/s1. The Balaban J connectivity index is 2.09. The number of para-hydroxylation sites is 2. The summed E-state index contributed by atoms with van der Waals surface area (Å²) in [6.45, 7) is 0.723.